The molecule has 1 aliphatic carbocycles. The summed E-state index contributed by atoms with van der Waals surface area (Å²) in [5.74, 6) is -0.545. The molecule has 0 aromatic carbocycles. The number of nitrogens with zero attached hydrogens (tertiary/aromatic N) is 5. The summed E-state index contributed by atoms with van der Waals surface area (Å²) in [7, 11) is 0. The fourth-order valence-electron chi connectivity index (χ4n) is 4.24. The molecule has 1 aromatic rings. The van der Waals surface area contributed by atoms with Crippen molar-refractivity contribution >= 4 is 17.7 Å². The molecule has 1 N–H and O–H groups in total. The number of anilines is 2. The summed E-state index contributed by atoms with van der Waals surface area (Å²) in [5, 5.41) is 18.3. The van der Waals surface area contributed by atoms with Crippen LogP contribution in [0.3, 0.4) is 0 Å². The maximum absolute atomic E-state index is 13.5. The number of carboxylic acids is 1. The fraction of sp³-hybridized carbons (Fsp3) is 0.647. The van der Waals surface area contributed by atoms with E-state index < -0.39 is 23.4 Å². The van der Waals surface area contributed by atoms with Gasteiger partial charge in [0.1, 0.15) is 11.6 Å². The van der Waals surface area contributed by atoms with E-state index in [1.54, 1.807) is 15.9 Å². The van der Waals surface area contributed by atoms with Gasteiger partial charge in [-0.1, -0.05) is 0 Å². The van der Waals surface area contributed by atoms with Gasteiger partial charge >= 0.3 is 12.1 Å². The molecule has 3 aliphatic rings. The highest BCUT2D eigenvalue weighted by molar-refractivity contribution is 5.68. The molecular weight excluding hydrogens is 363 g/mol. The predicted molar refractivity (Wildman–Crippen MR) is 88.1 cm³/mol. The number of carboxylic acid groups (broad SMARTS) is 1. The smallest absolute Gasteiger partial charge is 0.434 e. The van der Waals surface area contributed by atoms with Crippen LogP contribution in [-0.4, -0.2) is 46.7 Å². The second kappa shape index (κ2) is 5.97. The summed E-state index contributed by atoms with van der Waals surface area (Å²) in [6.45, 7) is 3.30. The van der Waals surface area contributed by atoms with E-state index in [2.05, 4.69) is 9.97 Å². The Balaban J connectivity index is 1.67. The lowest BCUT2D eigenvalue weighted by Crippen LogP contribution is -2.47. The zero-order chi connectivity index (χ0) is 19.5. The van der Waals surface area contributed by atoms with E-state index in [0.29, 0.717) is 19.6 Å². The topological polar surface area (TPSA) is 93.4 Å². The zero-order valence-corrected chi connectivity index (χ0v) is 14.6. The molecule has 0 unspecified atom stereocenters. The number of aliphatic carboxylic acids is 1. The molecule has 0 bridgehead atoms. The van der Waals surface area contributed by atoms with Gasteiger partial charge in [0.15, 0.2) is 11.5 Å². The Morgan fingerprint density at radius 2 is 2.00 bits per heavy atom. The van der Waals surface area contributed by atoms with Gasteiger partial charge in [0.05, 0.1) is 0 Å². The van der Waals surface area contributed by atoms with Crippen LogP contribution < -0.4 is 9.80 Å². The molecule has 4 atom stereocenters. The van der Waals surface area contributed by atoms with Crippen LogP contribution in [0.5, 0.6) is 0 Å². The summed E-state index contributed by atoms with van der Waals surface area (Å²) in [6.07, 6.45) is -3.83. The second-order valence-electron chi connectivity index (χ2n) is 7.51. The van der Waals surface area contributed by atoms with Crippen molar-refractivity contribution in [2.45, 2.75) is 32.0 Å². The summed E-state index contributed by atoms with van der Waals surface area (Å²) in [4.78, 5) is 22.2. The van der Waals surface area contributed by atoms with Crippen LogP contribution >= 0.6 is 0 Å². The first-order chi connectivity index (χ1) is 12.7. The molecule has 0 spiro atoms. The molecule has 144 valence electrons. The summed E-state index contributed by atoms with van der Waals surface area (Å²) in [5.41, 5.74) is -1.76. The molecule has 2 saturated heterocycles. The van der Waals surface area contributed by atoms with Crippen LogP contribution in [0, 0.1) is 29.1 Å². The third-order valence-electron chi connectivity index (χ3n) is 5.92. The Kier molecular flexibility index (Phi) is 3.94. The Morgan fingerprint density at radius 3 is 2.44 bits per heavy atom. The number of piperidine rings is 1. The van der Waals surface area contributed by atoms with Gasteiger partial charge < -0.3 is 14.9 Å². The van der Waals surface area contributed by atoms with Gasteiger partial charge in [-0.3, -0.25) is 4.79 Å². The van der Waals surface area contributed by atoms with Gasteiger partial charge in [-0.05, 0) is 31.1 Å². The molecular formula is C17H18F3N5O2. The predicted octanol–water partition coefficient (Wildman–Crippen LogP) is 2.12. The Bertz CT molecular complexity index is 825. The summed E-state index contributed by atoms with van der Waals surface area (Å²) >= 11 is 0. The van der Waals surface area contributed by atoms with Crippen LogP contribution in [0.1, 0.15) is 31.0 Å². The van der Waals surface area contributed by atoms with E-state index in [9.17, 15) is 23.2 Å². The Morgan fingerprint density at radius 1 is 1.33 bits per heavy atom. The minimum atomic E-state index is -4.75. The molecule has 0 radical (unpaired) electrons. The molecule has 1 aromatic heterocycles. The SMILES string of the molecule is C[C@H]1CCN1c1nc(N2C[C@@H]3[C@@H](CC(=O)O)[C@@H]3C2)c(C#N)c(C(F)(F)F)n1. The van der Waals surface area contributed by atoms with Crippen molar-refractivity contribution < 1.29 is 23.1 Å². The number of aromatic nitrogens is 2. The van der Waals surface area contributed by atoms with Crippen molar-refractivity contribution in [3.05, 3.63) is 11.3 Å². The van der Waals surface area contributed by atoms with Crippen molar-refractivity contribution in [1.29, 1.82) is 5.26 Å². The minimum Gasteiger partial charge on any atom is -0.481 e. The number of carbonyl (C=O) groups is 1. The molecule has 1 saturated carbocycles. The average molecular weight is 381 g/mol. The molecule has 2 aliphatic heterocycles. The first-order valence-electron chi connectivity index (χ1n) is 8.83. The Hall–Kier alpha value is -2.57. The molecule has 10 heteroatoms. The molecule has 0 amide bonds. The number of rotatable bonds is 4. The first-order valence-corrected chi connectivity index (χ1v) is 8.83. The highest BCUT2D eigenvalue weighted by Crippen LogP contribution is 2.54. The van der Waals surface area contributed by atoms with Gasteiger partial charge in [0.2, 0.25) is 5.95 Å². The highest BCUT2D eigenvalue weighted by atomic mass is 19.4. The third kappa shape index (κ3) is 2.95. The van der Waals surface area contributed by atoms with E-state index in [1.165, 1.54) is 0 Å². The van der Waals surface area contributed by atoms with E-state index in [0.717, 1.165) is 6.42 Å². The maximum Gasteiger partial charge on any atom is 0.434 e. The lowest BCUT2D eigenvalue weighted by atomic mass is 10.1. The van der Waals surface area contributed by atoms with E-state index >= 15 is 0 Å². The molecule has 3 heterocycles. The lowest BCUT2D eigenvalue weighted by molar-refractivity contribution is -0.141. The largest absolute Gasteiger partial charge is 0.481 e. The third-order valence-corrected chi connectivity index (χ3v) is 5.92. The van der Waals surface area contributed by atoms with Crippen molar-refractivity contribution in [3.63, 3.8) is 0 Å². The van der Waals surface area contributed by atoms with Crippen molar-refractivity contribution in [2.75, 3.05) is 29.4 Å². The number of fused-ring (bicyclic) bond motifs is 1. The number of nitriles is 1. The van der Waals surface area contributed by atoms with Gasteiger partial charge in [0.25, 0.3) is 0 Å². The normalized spacial score (nSPS) is 29.1. The van der Waals surface area contributed by atoms with Crippen LogP contribution in [0.2, 0.25) is 0 Å². The van der Waals surface area contributed by atoms with Crippen LogP contribution in [0.25, 0.3) is 0 Å². The second-order valence-corrected chi connectivity index (χ2v) is 7.51. The van der Waals surface area contributed by atoms with Gasteiger partial charge in [-0.15, -0.1) is 0 Å². The van der Waals surface area contributed by atoms with E-state index in [-0.39, 0.29) is 42.0 Å². The quantitative estimate of drug-likeness (QED) is 0.854. The number of hydrogen-bond donors (Lipinski definition) is 1. The van der Waals surface area contributed by atoms with Crippen LogP contribution in [0.15, 0.2) is 0 Å². The van der Waals surface area contributed by atoms with Gasteiger partial charge in [-0.25, -0.2) is 4.98 Å². The monoisotopic (exact) mass is 381 g/mol. The molecule has 4 rings (SSSR count). The van der Waals surface area contributed by atoms with Crippen molar-refractivity contribution in [1.82, 2.24) is 9.97 Å². The van der Waals surface area contributed by atoms with Crippen LogP contribution in [-0.2, 0) is 11.0 Å². The van der Waals surface area contributed by atoms with E-state index in [1.807, 2.05) is 6.92 Å². The highest BCUT2D eigenvalue weighted by Gasteiger charge is 2.57. The van der Waals surface area contributed by atoms with Gasteiger partial charge in [-0.2, -0.15) is 23.4 Å². The number of hydrogen-bond acceptors (Lipinski definition) is 6. The number of alkyl halides is 3. The standard InChI is InChI=1S/C17H18F3N5O2/c1-8-2-3-25(8)16-22-14(17(18,19)20)10(5-21)15(23-16)24-6-11-9(4-13(26)27)12(11)7-24/h8-9,11-12H,2-4,6-7H2,1H3,(H,26,27)/t8-,9-,11-,12+/m0/s1. The summed E-state index contributed by atoms with van der Waals surface area (Å²) < 4.78 is 40.5. The van der Waals surface area contributed by atoms with Crippen LogP contribution in [0.4, 0.5) is 24.9 Å². The van der Waals surface area contributed by atoms with Crippen molar-refractivity contribution in [3.8, 4) is 6.07 Å². The molecule has 7 nitrogen and oxygen atoms in total. The van der Waals surface area contributed by atoms with Crippen molar-refractivity contribution in [2.24, 2.45) is 17.8 Å². The van der Waals surface area contributed by atoms with Gasteiger partial charge in [0, 0.05) is 32.1 Å². The zero-order valence-electron chi connectivity index (χ0n) is 14.6. The summed E-state index contributed by atoms with van der Waals surface area (Å²) in [6, 6.07) is 1.69. The molecule has 27 heavy (non-hydrogen) atoms. The average Bonchev–Trinajstić information content (AvgIpc) is 3.02. The molecule has 3 fully saturated rings. The fourth-order valence-corrected chi connectivity index (χ4v) is 4.24. The first kappa shape index (κ1) is 17.8. The van der Waals surface area contributed by atoms with E-state index in [4.69, 9.17) is 5.11 Å². The number of halogens is 3. The lowest BCUT2D eigenvalue weighted by Gasteiger charge is -2.39. The minimum absolute atomic E-state index is 0.00210. The maximum atomic E-state index is 13.5. The Labute approximate surface area is 153 Å².